The molecule has 6 nitrogen and oxygen atoms in total. The van der Waals surface area contributed by atoms with Crippen molar-refractivity contribution >= 4 is 23.2 Å². The molecule has 1 aromatic rings. The number of benzene rings is 1. The number of hydrogen-bond donors (Lipinski definition) is 1. The van der Waals surface area contributed by atoms with Crippen LogP contribution in [0.4, 0.5) is 24.5 Å². The fourth-order valence-corrected chi connectivity index (χ4v) is 4.56. The van der Waals surface area contributed by atoms with E-state index in [1.54, 1.807) is 19.1 Å². The third kappa shape index (κ3) is 2.28. The number of fused-ring (bicyclic) bond motifs is 5. The van der Waals surface area contributed by atoms with E-state index in [9.17, 15) is 27.9 Å². The van der Waals surface area contributed by atoms with Crippen molar-refractivity contribution in [2.75, 3.05) is 11.5 Å². The highest BCUT2D eigenvalue weighted by molar-refractivity contribution is 6.23. The first-order valence-corrected chi connectivity index (χ1v) is 8.56. The largest absolute Gasteiger partial charge is 0.407 e. The molecule has 2 unspecified atom stereocenters. The minimum atomic E-state index is -4.80. The second kappa shape index (κ2) is 5.65. The molecule has 9 heteroatoms. The molecule has 3 heterocycles. The molecule has 0 saturated carbocycles. The van der Waals surface area contributed by atoms with Gasteiger partial charge in [0, 0.05) is 18.7 Å². The van der Waals surface area contributed by atoms with Crippen molar-refractivity contribution in [3.63, 3.8) is 0 Å². The van der Waals surface area contributed by atoms with Gasteiger partial charge in [0.15, 0.2) is 5.69 Å². The normalized spacial score (nSPS) is 33.5. The minimum absolute atomic E-state index is 0.0948. The van der Waals surface area contributed by atoms with E-state index in [0.29, 0.717) is 6.07 Å². The van der Waals surface area contributed by atoms with Crippen LogP contribution in [-0.4, -0.2) is 34.7 Å². The average molecular weight is 392 g/mol. The third-order valence-electron chi connectivity index (χ3n) is 5.72. The highest BCUT2D eigenvalue weighted by Gasteiger charge is 2.71. The predicted octanol–water partition coefficient (Wildman–Crippen LogP) is 2.84. The quantitative estimate of drug-likeness (QED) is 0.488. The van der Waals surface area contributed by atoms with Gasteiger partial charge in [-0.2, -0.15) is 13.2 Å². The van der Waals surface area contributed by atoms with Gasteiger partial charge >= 0.3 is 6.18 Å². The summed E-state index contributed by atoms with van der Waals surface area (Å²) in [6.07, 6.45) is -1.38. The van der Waals surface area contributed by atoms with Gasteiger partial charge in [0.2, 0.25) is 11.8 Å². The van der Waals surface area contributed by atoms with Crippen molar-refractivity contribution < 1.29 is 32.6 Å². The standard InChI is InChI=1S/C19H15F3N2O4/c1-17-5-6-18(28-17,7-8-25)14-13(17)15(26)24(16(14)27)10-3-4-12(23-2)11(9-10)19(20,21)22/h3-6,9,13-14,25H,7-8H2,1H3/t13-,14+,17?,18?/m1/s1. The first-order chi connectivity index (χ1) is 13.1. The Balaban J connectivity index is 1.80. The molecular weight excluding hydrogens is 377 g/mol. The molecule has 3 aliphatic rings. The molecule has 2 amide bonds. The summed E-state index contributed by atoms with van der Waals surface area (Å²) >= 11 is 0. The molecule has 0 spiro atoms. The zero-order valence-electron chi connectivity index (χ0n) is 14.7. The molecule has 28 heavy (non-hydrogen) atoms. The number of hydrogen-bond acceptors (Lipinski definition) is 4. The first-order valence-electron chi connectivity index (χ1n) is 8.56. The molecule has 1 N–H and O–H groups in total. The molecule has 146 valence electrons. The summed E-state index contributed by atoms with van der Waals surface area (Å²) in [7, 11) is 0. The number of nitrogens with zero attached hydrogens (tertiary/aromatic N) is 2. The minimum Gasteiger partial charge on any atom is -0.396 e. The van der Waals surface area contributed by atoms with Gasteiger partial charge < -0.3 is 9.84 Å². The number of anilines is 1. The molecule has 4 atom stereocenters. The number of halogens is 3. The topological polar surface area (TPSA) is 71.2 Å². The van der Waals surface area contributed by atoms with Gasteiger partial charge in [-0.05, 0) is 19.1 Å². The van der Waals surface area contributed by atoms with E-state index in [2.05, 4.69) is 4.85 Å². The first kappa shape index (κ1) is 18.7. The maximum absolute atomic E-state index is 13.3. The fraction of sp³-hybridized carbons (Fsp3) is 0.421. The van der Waals surface area contributed by atoms with Crippen molar-refractivity contribution in [2.45, 2.75) is 30.7 Å². The van der Waals surface area contributed by atoms with Crippen molar-refractivity contribution in [1.29, 1.82) is 0 Å². The van der Waals surface area contributed by atoms with Gasteiger partial charge in [0.05, 0.1) is 29.6 Å². The van der Waals surface area contributed by atoms with Crippen molar-refractivity contribution in [2.24, 2.45) is 11.8 Å². The molecule has 2 bridgehead atoms. The van der Waals surface area contributed by atoms with E-state index >= 15 is 0 Å². The van der Waals surface area contributed by atoms with Crippen LogP contribution < -0.4 is 4.90 Å². The van der Waals surface area contributed by atoms with Crippen LogP contribution in [0.25, 0.3) is 4.85 Å². The monoisotopic (exact) mass is 392 g/mol. The van der Waals surface area contributed by atoms with E-state index in [1.165, 1.54) is 0 Å². The Hall–Kier alpha value is -2.70. The summed E-state index contributed by atoms with van der Waals surface area (Å²) in [5, 5.41) is 9.39. The number of amides is 2. The van der Waals surface area contributed by atoms with Crippen molar-refractivity contribution in [3.8, 4) is 0 Å². The number of carbonyl (C=O) groups excluding carboxylic acids is 2. The highest BCUT2D eigenvalue weighted by atomic mass is 19.4. The van der Waals surface area contributed by atoms with E-state index < -0.39 is 52.3 Å². The average Bonchev–Trinajstić information content (AvgIpc) is 3.19. The Bertz CT molecular complexity index is 967. The number of aliphatic hydroxyl groups excluding tert-OH is 1. The van der Waals surface area contributed by atoms with Crippen LogP contribution in [-0.2, 0) is 20.5 Å². The van der Waals surface area contributed by atoms with E-state index in [1.807, 2.05) is 0 Å². The summed E-state index contributed by atoms with van der Waals surface area (Å²) in [6, 6.07) is 2.77. The van der Waals surface area contributed by atoms with Gasteiger partial charge in [-0.3, -0.25) is 9.59 Å². The van der Waals surface area contributed by atoms with Gasteiger partial charge in [0.25, 0.3) is 0 Å². The third-order valence-corrected chi connectivity index (χ3v) is 5.72. The van der Waals surface area contributed by atoms with E-state index in [-0.39, 0.29) is 18.7 Å². The second-order valence-electron chi connectivity index (χ2n) is 7.33. The molecule has 0 radical (unpaired) electrons. The van der Waals surface area contributed by atoms with E-state index in [4.69, 9.17) is 11.3 Å². The van der Waals surface area contributed by atoms with Crippen molar-refractivity contribution in [1.82, 2.24) is 0 Å². The molecule has 2 saturated heterocycles. The van der Waals surface area contributed by atoms with Crippen LogP contribution >= 0.6 is 0 Å². The molecule has 2 fully saturated rings. The Labute approximate surface area is 158 Å². The number of imide groups is 1. The summed E-state index contributed by atoms with van der Waals surface area (Å²) in [6.45, 7) is 8.28. The predicted molar refractivity (Wildman–Crippen MR) is 90.2 cm³/mol. The van der Waals surface area contributed by atoms with Crippen LogP contribution in [0.5, 0.6) is 0 Å². The van der Waals surface area contributed by atoms with Crippen LogP contribution in [0.15, 0.2) is 30.4 Å². The molecule has 0 aromatic heterocycles. The summed E-state index contributed by atoms with van der Waals surface area (Å²) in [4.78, 5) is 29.7. The highest BCUT2D eigenvalue weighted by Crippen LogP contribution is 2.59. The Morgan fingerprint density at radius 1 is 1.25 bits per heavy atom. The smallest absolute Gasteiger partial charge is 0.396 e. The van der Waals surface area contributed by atoms with Gasteiger partial charge in [-0.15, -0.1) is 0 Å². The zero-order valence-corrected chi connectivity index (χ0v) is 14.7. The summed E-state index contributed by atoms with van der Waals surface area (Å²) < 4.78 is 45.8. The Morgan fingerprint density at radius 3 is 2.54 bits per heavy atom. The van der Waals surface area contributed by atoms with Crippen LogP contribution in [0.3, 0.4) is 0 Å². The maximum atomic E-state index is 13.3. The van der Waals surface area contributed by atoms with Crippen LogP contribution in [0, 0.1) is 18.4 Å². The lowest BCUT2D eigenvalue weighted by atomic mass is 9.71. The molecule has 3 aliphatic heterocycles. The zero-order chi connectivity index (χ0) is 20.5. The number of carbonyl (C=O) groups is 2. The number of ether oxygens (including phenoxy) is 1. The van der Waals surface area contributed by atoms with Crippen LogP contribution in [0.2, 0.25) is 0 Å². The Kier molecular flexibility index (Phi) is 3.77. The number of aliphatic hydroxyl groups is 1. The van der Waals surface area contributed by atoms with Crippen molar-refractivity contribution in [3.05, 3.63) is 47.3 Å². The summed E-state index contributed by atoms with van der Waals surface area (Å²) in [5.41, 5.74) is -4.26. The molecular formula is C19H15F3N2O4. The Morgan fingerprint density at radius 2 is 1.93 bits per heavy atom. The lowest BCUT2D eigenvalue weighted by molar-refractivity contribution is -0.137. The van der Waals surface area contributed by atoms with Gasteiger partial charge in [-0.25, -0.2) is 9.74 Å². The lowest BCUT2D eigenvalue weighted by Crippen LogP contribution is -2.41. The molecule has 0 aliphatic carbocycles. The van der Waals surface area contributed by atoms with Gasteiger partial charge in [-0.1, -0.05) is 18.2 Å². The maximum Gasteiger partial charge on any atom is 0.407 e. The fourth-order valence-electron chi connectivity index (χ4n) is 4.56. The number of alkyl halides is 3. The summed E-state index contributed by atoms with van der Waals surface area (Å²) in [5.74, 6) is -3.12. The molecule has 1 aromatic carbocycles. The lowest BCUT2D eigenvalue weighted by Gasteiger charge is -2.28. The van der Waals surface area contributed by atoms with E-state index in [0.717, 1.165) is 17.0 Å². The second-order valence-corrected chi connectivity index (χ2v) is 7.33. The molecule has 4 rings (SSSR count). The van der Waals surface area contributed by atoms with Gasteiger partial charge in [0.1, 0.15) is 5.60 Å². The SMILES string of the molecule is [C-]#[N+]c1ccc(N2C(=O)[C@@H]3[C@H](C2=O)C2(C)C=CC3(CCO)O2)cc1C(F)(F)F. The number of rotatable bonds is 3. The van der Waals surface area contributed by atoms with Crippen LogP contribution in [0.1, 0.15) is 18.9 Å².